The minimum atomic E-state index is -0.165. The Kier molecular flexibility index (Phi) is 5.94. The maximum atomic E-state index is 6.08. The molecule has 20 heavy (non-hydrogen) atoms. The van der Waals surface area contributed by atoms with Crippen LogP contribution in [0.3, 0.4) is 0 Å². The van der Waals surface area contributed by atoms with E-state index in [4.69, 9.17) is 10.5 Å². The zero-order chi connectivity index (χ0) is 14.0. The molecule has 1 atom stereocenters. The Labute approximate surface area is 127 Å². The van der Waals surface area contributed by atoms with E-state index in [0.29, 0.717) is 0 Å². The first-order valence-corrected chi connectivity index (χ1v) is 6.84. The molecule has 1 unspecified atom stereocenters. The maximum absolute atomic E-state index is 6.08. The number of aromatic nitrogens is 3. The molecule has 0 bridgehead atoms. The predicted molar refractivity (Wildman–Crippen MR) is 81.2 cm³/mol. The van der Waals surface area contributed by atoms with Crippen molar-refractivity contribution in [2.45, 2.75) is 45.9 Å². The minimum absolute atomic E-state index is 0. The number of hydrogen-bond acceptors (Lipinski definition) is 5. The summed E-state index contributed by atoms with van der Waals surface area (Å²) in [6.45, 7) is 12.3. The van der Waals surface area contributed by atoms with E-state index in [0.717, 1.165) is 44.4 Å². The molecule has 1 saturated heterocycles. The van der Waals surface area contributed by atoms with Crippen molar-refractivity contribution >= 4 is 12.4 Å². The molecule has 1 aliphatic rings. The van der Waals surface area contributed by atoms with Crippen LogP contribution in [0.25, 0.3) is 0 Å². The first-order valence-electron chi connectivity index (χ1n) is 6.84. The standard InChI is InChI=1S/C13H25N5O.ClH/c1-10-15-11(2)18(16-10)8-12-7-17(5-6-19-12)9-13(3,4)14;/h12H,5-9,14H2,1-4H3;1H. The van der Waals surface area contributed by atoms with E-state index in [1.807, 2.05) is 18.5 Å². The Bertz CT molecular complexity index is 429. The summed E-state index contributed by atoms with van der Waals surface area (Å²) in [5.41, 5.74) is 5.92. The van der Waals surface area contributed by atoms with Crippen LogP contribution >= 0.6 is 12.4 Å². The highest BCUT2D eigenvalue weighted by atomic mass is 35.5. The van der Waals surface area contributed by atoms with Gasteiger partial charge in [-0.05, 0) is 27.7 Å². The van der Waals surface area contributed by atoms with Crippen LogP contribution in [-0.4, -0.2) is 57.5 Å². The van der Waals surface area contributed by atoms with Gasteiger partial charge in [0, 0.05) is 25.2 Å². The predicted octanol–water partition coefficient (Wildman–Crippen LogP) is 0.755. The van der Waals surface area contributed by atoms with Gasteiger partial charge < -0.3 is 10.5 Å². The third-order valence-electron chi connectivity index (χ3n) is 3.19. The van der Waals surface area contributed by atoms with Crippen LogP contribution in [0, 0.1) is 13.8 Å². The van der Waals surface area contributed by atoms with Gasteiger partial charge >= 0.3 is 0 Å². The zero-order valence-corrected chi connectivity index (χ0v) is 13.6. The molecule has 0 amide bonds. The lowest BCUT2D eigenvalue weighted by molar-refractivity contribution is -0.0420. The third kappa shape index (κ3) is 5.01. The van der Waals surface area contributed by atoms with Crippen molar-refractivity contribution in [3.8, 4) is 0 Å². The SMILES string of the molecule is Cc1nc(C)n(CC2CN(CC(C)(C)N)CCO2)n1.Cl. The maximum Gasteiger partial charge on any atom is 0.147 e. The molecule has 7 heteroatoms. The number of halogens is 1. The monoisotopic (exact) mass is 303 g/mol. The summed E-state index contributed by atoms with van der Waals surface area (Å²) < 4.78 is 7.75. The van der Waals surface area contributed by atoms with Crippen LogP contribution in [0.2, 0.25) is 0 Å². The highest BCUT2D eigenvalue weighted by Gasteiger charge is 2.25. The highest BCUT2D eigenvalue weighted by Crippen LogP contribution is 2.11. The summed E-state index contributed by atoms with van der Waals surface area (Å²) in [4.78, 5) is 6.69. The van der Waals surface area contributed by atoms with Crippen molar-refractivity contribution in [1.29, 1.82) is 0 Å². The number of nitrogens with two attached hydrogens (primary N) is 1. The molecule has 2 heterocycles. The van der Waals surface area contributed by atoms with Gasteiger partial charge in [-0.1, -0.05) is 0 Å². The fourth-order valence-electron chi connectivity index (χ4n) is 2.54. The lowest BCUT2D eigenvalue weighted by Crippen LogP contribution is -2.52. The largest absolute Gasteiger partial charge is 0.374 e. The van der Waals surface area contributed by atoms with E-state index in [1.54, 1.807) is 0 Å². The molecule has 1 fully saturated rings. The Morgan fingerprint density at radius 3 is 2.65 bits per heavy atom. The van der Waals surface area contributed by atoms with Crippen molar-refractivity contribution in [2.24, 2.45) is 5.73 Å². The van der Waals surface area contributed by atoms with Crippen LogP contribution in [0.5, 0.6) is 0 Å². The van der Waals surface area contributed by atoms with Crippen molar-refractivity contribution in [3.63, 3.8) is 0 Å². The summed E-state index contributed by atoms with van der Waals surface area (Å²) in [6.07, 6.45) is 0.163. The van der Waals surface area contributed by atoms with Gasteiger partial charge in [0.15, 0.2) is 0 Å². The molecule has 116 valence electrons. The Morgan fingerprint density at radius 1 is 1.40 bits per heavy atom. The topological polar surface area (TPSA) is 69.2 Å². The molecule has 1 aliphatic heterocycles. The van der Waals surface area contributed by atoms with Crippen molar-refractivity contribution in [1.82, 2.24) is 19.7 Å². The van der Waals surface area contributed by atoms with Gasteiger partial charge in [0.05, 0.1) is 19.3 Å². The second-order valence-electron chi connectivity index (χ2n) is 6.10. The number of rotatable bonds is 4. The lowest BCUT2D eigenvalue weighted by atomic mass is 10.1. The van der Waals surface area contributed by atoms with Crippen LogP contribution in [-0.2, 0) is 11.3 Å². The Hall–Kier alpha value is -0.690. The molecule has 1 aromatic rings. The van der Waals surface area contributed by atoms with Gasteiger partial charge in [-0.2, -0.15) is 5.10 Å². The van der Waals surface area contributed by atoms with E-state index in [9.17, 15) is 0 Å². The lowest BCUT2D eigenvalue weighted by Gasteiger charge is -2.36. The van der Waals surface area contributed by atoms with Gasteiger partial charge in [-0.25, -0.2) is 9.67 Å². The van der Waals surface area contributed by atoms with Gasteiger partial charge in [-0.15, -0.1) is 12.4 Å². The molecule has 2 rings (SSSR count). The molecule has 0 aliphatic carbocycles. The van der Waals surface area contributed by atoms with Crippen LogP contribution in [0.15, 0.2) is 0 Å². The van der Waals surface area contributed by atoms with Gasteiger partial charge in [-0.3, -0.25) is 4.90 Å². The minimum Gasteiger partial charge on any atom is -0.374 e. The highest BCUT2D eigenvalue weighted by molar-refractivity contribution is 5.85. The fourth-order valence-corrected chi connectivity index (χ4v) is 2.54. The third-order valence-corrected chi connectivity index (χ3v) is 3.19. The summed E-state index contributed by atoms with van der Waals surface area (Å²) in [5, 5.41) is 4.39. The second-order valence-corrected chi connectivity index (χ2v) is 6.10. The van der Waals surface area contributed by atoms with E-state index in [-0.39, 0.29) is 24.0 Å². The molecular formula is C13H26ClN5O. The summed E-state index contributed by atoms with van der Waals surface area (Å²) in [7, 11) is 0. The molecular weight excluding hydrogens is 278 g/mol. The molecule has 0 radical (unpaired) electrons. The van der Waals surface area contributed by atoms with E-state index in [1.165, 1.54) is 0 Å². The quantitative estimate of drug-likeness (QED) is 0.889. The smallest absolute Gasteiger partial charge is 0.147 e. The van der Waals surface area contributed by atoms with Gasteiger partial charge in [0.1, 0.15) is 11.6 Å². The van der Waals surface area contributed by atoms with Gasteiger partial charge in [0.2, 0.25) is 0 Å². The van der Waals surface area contributed by atoms with Crippen LogP contribution in [0.1, 0.15) is 25.5 Å². The average molecular weight is 304 g/mol. The Balaban J connectivity index is 0.00000200. The number of ether oxygens (including phenoxy) is 1. The molecule has 6 nitrogen and oxygen atoms in total. The molecule has 0 aromatic carbocycles. The van der Waals surface area contributed by atoms with E-state index < -0.39 is 0 Å². The van der Waals surface area contributed by atoms with Gasteiger partial charge in [0.25, 0.3) is 0 Å². The summed E-state index contributed by atoms with van der Waals surface area (Å²) in [5.74, 6) is 1.76. The second kappa shape index (κ2) is 6.85. The summed E-state index contributed by atoms with van der Waals surface area (Å²) in [6, 6.07) is 0. The average Bonchev–Trinajstić information content (AvgIpc) is 2.55. The zero-order valence-electron chi connectivity index (χ0n) is 12.8. The first-order chi connectivity index (χ1) is 8.83. The van der Waals surface area contributed by atoms with Crippen LogP contribution in [0.4, 0.5) is 0 Å². The number of morpholine rings is 1. The van der Waals surface area contributed by atoms with Crippen molar-refractivity contribution in [3.05, 3.63) is 11.6 Å². The number of aryl methyl sites for hydroxylation is 2. The molecule has 2 N–H and O–H groups in total. The number of hydrogen-bond donors (Lipinski definition) is 1. The fraction of sp³-hybridized carbons (Fsp3) is 0.846. The van der Waals surface area contributed by atoms with Crippen molar-refractivity contribution < 1.29 is 4.74 Å². The molecule has 0 saturated carbocycles. The number of nitrogens with zero attached hydrogens (tertiary/aromatic N) is 4. The normalized spacial score (nSPS) is 20.8. The van der Waals surface area contributed by atoms with E-state index >= 15 is 0 Å². The van der Waals surface area contributed by atoms with Crippen LogP contribution < -0.4 is 5.73 Å². The van der Waals surface area contributed by atoms with E-state index in [2.05, 4.69) is 28.8 Å². The molecule has 1 aromatic heterocycles. The summed E-state index contributed by atoms with van der Waals surface area (Å²) >= 11 is 0. The first kappa shape index (κ1) is 17.4. The Morgan fingerprint density at radius 2 is 2.10 bits per heavy atom. The molecule has 0 spiro atoms. The van der Waals surface area contributed by atoms with Crippen molar-refractivity contribution in [2.75, 3.05) is 26.2 Å².